The van der Waals surface area contributed by atoms with Crippen molar-refractivity contribution in [2.75, 3.05) is 7.11 Å². The second-order valence-electron chi connectivity index (χ2n) is 5.49. The van der Waals surface area contributed by atoms with Crippen LogP contribution in [0.15, 0.2) is 72.9 Å². The van der Waals surface area contributed by atoms with E-state index >= 15 is 0 Å². The molecule has 4 rings (SSSR count). The maximum atomic E-state index is 10.3. The monoisotopic (exact) mass is 316 g/mol. The van der Waals surface area contributed by atoms with E-state index in [1.807, 2.05) is 59.1 Å². The first-order valence-corrected chi connectivity index (χ1v) is 7.68. The van der Waals surface area contributed by atoms with Crippen molar-refractivity contribution in [3.8, 4) is 34.1 Å². The average Bonchev–Trinajstić information content (AvgIpc) is 3.02. The number of nitrogens with zero attached hydrogens (tertiary/aromatic N) is 2. The molecule has 4 aromatic rings. The minimum Gasteiger partial charge on any atom is -0.507 e. The smallest absolute Gasteiger partial charge is 0.149 e. The molecule has 0 saturated heterocycles. The zero-order valence-electron chi connectivity index (χ0n) is 13.2. The van der Waals surface area contributed by atoms with Crippen LogP contribution >= 0.6 is 0 Å². The van der Waals surface area contributed by atoms with Crippen molar-refractivity contribution in [2.24, 2.45) is 0 Å². The van der Waals surface area contributed by atoms with Crippen molar-refractivity contribution in [3.05, 3.63) is 72.9 Å². The molecule has 0 aliphatic heterocycles. The first-order valence-electron chi connectivity index (χ1n) is 7.68. The number of ether oxygens (including phenoxy) is 1. The average molecular weight is 316 g/mol. The van der Waals surface area contributed by atoms with E-state index in [9.17, 15) is 5.11 Å². The molecule has 0 radical (unpaired) electrons. The molecule has 2 aromatic carbocycles. The Labute approximate surface area is 139 Å². The van der Waals surface area contributed by atoms with Crippen molar-refractivity contribution in [1.29, 1.82) is 0 Å². The third-order valence-corrected chi connectivity index (χ3v) is 4.04. The van der Waals surface area contributed by atoms with Crippen LogP contribution in [0.1, 0.15) is 0 Å². The van der Waals surface area contributed by atoms with E-state index in [0.29, 0.717) is 17.1 Å². The van der Waals surface area contributed by atoms with Gasteiger partial charge in [-0.15, -0.1) is 0 Å². The SMILES string of the molecule is COc1ccc(O)c(-c2nc(-c3ccccc3)c3ccccn23)c1. The maximum Gasteiger partial charge on any atom is 0.149 e. The lowest BCUT2D eigenvalue weighted by Gasteiger charge is -2.06. The second-order valence-corrected chi connectivity index (χ2v) is 5.49. The van der Waals surface area contributed by atoms with Gasteiger partial charge < -0.3 is 9.84 Å². The molecule has 2 heterocycles. The molecule has 0 aliphatic rings. The summed E-state index contributed by atoms with van der Waals surface area (Å²) in [5, 5.41) is 10.3. The van der Waals surface area contributed by atoms with E-state index in [1.165, 1.54) is 0 Å². The minimum absolute atomic E-state index is 0.172. The van der Waals surface area contributed by atoms with Gasteiger partial charge in [-0.05, 0) is 30.3 Å². The first-order chi connectivity index (χ1) is 11.8. The van der Waals surface area contributed by atoms with Gasteiger partial charge in [0.25, 0.3) is 0 Å². The predicted molar refractivity (Wildman–Crippen MR) is 94.3 cm³/mol. The Bertz CT molecular complexity index is 1010. The molecule has 4 heteroatoms. The molecule has 1 N–H and O–H groups in total. The summed E-state index contributed by atoms with van der Waals surface area (Å²) < 4.78 is 7.27. The molecule has 0 spiro atoms. The fourth-order valence-electron chi connectivity index (χ4n) is 2.86. The van der Waals surface area contributed by atoms with Crippen LogP contribution in [0.3, 0.4) is 0 Å². The number of aromatic hydroxyl groups is 1. The highest BCUT2D eigenvalue weighted by atomic mass is 16.5. The summed E-state index contributed by atoms with van der Waals surface area (Å²) in [5.74, 6) is 1.53. The van der Waals surface area contributed by atoms with Crippen LogP contribution in [0.25, 0.3) is 28.2 Å². The number of pyridine rings is 1. The molecule has 2 aromatic heterocycles. The molecule has 0 saturated carbocycles. The summed E-state index contributed by atoms with van der Waals surface area (Å²) in [6.07, 6.45) is 1.95. The predicted octanol–water partition coefficient (Wildman–Crippen LogP) is 4.38. The highest BCUT2D eigenvalue weighted by Crippen LogP contribution is 2.35. The number of phenols is 1. The third-order valence-electron chi connectivity index (χ3n) is 4.04. The first kappa shape index (κ1) is 14.3. The quantitative estimate of drug-likeness (QED) is 0.610. The van der Waals surface area contributed by atoms with Crippen LogP contribution in [-0.4, -0.2) is 21.6 Å². The van der Waals surface area contributed by atoms with Gasteiger partial charge in [0.2, 0.25) is 0 Å². The summed E-state index contributed by atoms with van der Waals surface area (Å²) in [5.41, 5.74) is 3.54. The van der Waals surface area contributed by atoms with Gasteiger partial charge >= 0.3 is 0 Å². The molecule has 24 heavy (non-hydrogen) atoms. The molecule has 0 amide bonds. The highest BCUT2D eigenvalue weighted by Gasteiger charge is 2.16. The summed E-state index contributed by atoms with van der Waals surface area (Å²) in [4.78, 5) is 4.81. The van der Waals surface area contributed by atoms with E-state index < -0.39 is 0 Å². The lowest BCUT2D eigenvalue weighted by molar-refractivity contribution is 0.412. The summed E-state index contributed by atoms with van der Waals surface area (Å²) >= 11 is 0. The van der Waals surface area contributed by atoms with E-state index in [2.05, 4.69) is 0 Å². The topological polar surface area (TPSA) is 46.8 Å². The number of hydrogen-bond donors (Lipinski definition) is 1. The number of hydrogen-bond acceptors (Lipinski definition) is 3. The third kappa shape index (κ3) is 2.29. The number of fused-ring (bicyclic) bond motifs is 1. The molecule has 0 unspecified atom stereocenters. The molecule has 0 fully saturated rings. The van der Waals surface area contributed by atoms with E-state index in [1.54, 1.807) is 25.3 Å². The van der Waals surface area contributed by atoms with Crippen molar-refractivity contribution >= 4 is 5.52 Å². The van der Waals surface area contributed by atoms with Gasteiger partial charge in [0.1, 0.15) is 17.3 Å². The zero-order chi connectivity index (χ0) is 16.5. The molecular formula is C20H16N2O2. The number of methoxy groups -OCH3 is 1. The summed E-state index contributed by atoms with van der Waals surface area (Å²) in [7, 11) is 1.61. The fraction of sp³-hybridized carbons (Fsp3) is 0.0500. The van der Waals surface area contributed by atoms with E-state index in [-0.39, 0.29) is 5.75 Å². The van der Waals surface area contributed by atoms with Crippen LogP contribution in [-0.2, 0) is 0 Å². The molecule has 118 valence electrons. The van der Waals surface area contributed by atoms with Gasteiger partial charge in [-0.2, -0.15) is 0 Å². The number of aromatic nitrogens is 2. The minimum atomic E-state index is 0.172. The maximum absolute atomic E-state index is 10.3. The van der Waals surface area contributed by atoms with Crippen molar-refractivity contribution in [1.82, 2.24) is 9.38 Å². The number of benzene rings is 2. The second kappa shape index (κ2) is 5.74. The van der Waals surface area contributed by atoms with E-state index in [0.717, 1.165) is 16.8 Å². The van der Waals surface area contributed by atoms with Gasteiger partial charge in [-0.1, -0.05) is 36.4 Å². The Hall–Kier alpha value is -3.27. The number of imidazole rings is 1. The normalized spacial score (nSPS) is 10.9. The van der Waals surface area contributed by atoms with Crippen LogP contribution in [0.4, 0.5) is 0 Å². The van der Waals surface area contributed by atoms with Crippen molar-refractivity contribution in [3.63, 3.8) is 0 Å². The molecule has 0 bridgehead atoms. The van der Waals surface area contributed by atoms with Crippen LogP contribution in [0, 0.1) is 0 Å². The standard InChI is InChI=1S/C20H16N2O2/c1-24-15-10-11-18(23)16(13-15)20-21-19(14-7-3-2-4-8-14)17-9-5-6-12-22(17)20/h2-13,23H,1H3. The van der Waals surface area contributed by atoms with Gasteiger partial charge in [-0.3, -0.25) is 4.40 Å². The fourth-order valence-corrected chi connectivity index (χ4v) is 2.86. The summed E-state index contributed by atoms with van der Waals surface area (Å²) in [6, 6.07) is 21.1. The van der Waals surface area contributed by atoms with Crippen LogP contribution in [0.2, 0.25) is 0 Å². The largest absolute Gasteiger partial charge is 0.507 e. The van der Waals surface area contributed by atoms with Gasteiger partial charge in [0.05, 0.1) is 23.9 Å². The molecular weight excluding hydrogens is 300 g/mol. The van der Waals surface area contributed by atoms with Gasteiger partial charge in [-0.25, -0.2) is 4.98 Å². The lowest BCUT2D eigenvalue weighted by atomic mass is 10.1. The Morgan fingerprint density at radius 3 is 2.54 bits per heavy atom. The van der Waals surface area contributed by atoms with Crippen LogP contribution in [0.5, 0.6) is 11.5 Å². The Kier molecular flexibility index (Phi) is 3.43. The van der Waals surface area contributed by atoms with E-state index in [4.69, 9.17) is 9.72 Å². The molecule has 0 aliphatic carbocycles. The highest BCUT2D eigenvalue weighted by molar-refractivity contribution is 5.82. The zero-order valence-corrected chi connectivity index (χ0v) is 13.2. The van der Waals surface area contributed by atoms with Gasteiger partial charge in [0, 0.05) is 11.8 Å². The number of phenolic OH excluding ortho intramolecular Hbond substituents is 1. The Morgan fingerprint density at radius 1 is 0.958 bits per heavy atom. The van der Waals surface area contributed by atoms with Crippen LogP contribution < -0.4 is 4.74 Å². The van der Waals surface area contributed by atoms with Gasteiger partial charge in [0.15, 0.2) is 0 Å². The molecule has 4 nitrogen and oxygen atoms in total. The number of rotatable bonds is 3. The van der Waals surface area contributed by atoms with Crippen molar-refractivity contribution in [2.45, 2.75) is 0 Å². The Balaban J connectivity index is 2.01. The van der Waals surface area contributed by atoms with Crippen molar-refractivity contribution < 1.29 is 9.84 Å². The summed E-state index contributed by atoms with van der Waals surface area (Å²) in [6.45, 7) is 0. The lowest BCUT2D eigenvalue weighted by Crippen LogP contribution is -1.90. The Morgan fingerprint density at radius 2 is 1.75 bits per heavy atom. The molecule has 0 atom stereocenters.